The number of piperidine rings is 1. The number of aromatic nitrogens is 5. The molecule has 2 atom stereocenters. The zero-order valence-corrected chi connectivity index (χ0v) is 15.2. The first-order chi connectivity index (χ1) is 13.4. The van der Waals surface area contributed by atoms with E-state index in [4.69, 9.17) is 5.73 Å². The van der Waals surface area contributed by atoms with Crippen molar-refractivity contribution < 1.29 is 13.6 Å². The summed E-state index contributed by atoms with van der Waals surface area (Å²) in [5, 5.41) is 0. The van der Waals surface area contributed by atoms with Gasteiger partial charge in [-0.2, -0.15) is 0 Å². The topological polar surface area (TPSA) is 102 Å². The SMILES string of the molecule is C[C@@H]1CC[C@H](C(N)=O)CN1c1ccnc(-c2cnc3cnc(C(F)F)cn23)n1. The molecular weight excluding hydrogens is 368 g/mol. The molecule has 0 spiro atoms. The third-order valence-corrected chi connectivity index (χ3v) is 5.09. The minimum absolute atomic E-state index is 0.190. The molecule has 1 fully saturated rings. The van der Waals surface area contributed by atoms with Crippen LogP contribution in [0.15, 0.2) is 30.9 Å². The molecule has 1 aliphatic rings. The Morgan fingerprint density at radius 2 is 2.07 bits per heavy atom. The summed E-state index contributed by atoms with van der Waals surface area (Å²) in [4.78, 5) is 30.4. The number of anilines is 1. The van der Waals surface area contributed by atoms with E-state index in [0.29, 0.717) is 29.5 Å². The molecule has 1 amide bonds. The number of primary amides is 1. The fourth-order valence-corrected chi connectivity index (χ4v) is 3.47. The number of fused-ring (bicyclic) bond motifs is 1. The van der Waals surface area contributed by atoms with Crippen LogP contribution in [0.4, 0.5) is 14.6 Å². The van der Waals surface area contributed by atoms with Gasteiger partial charge >= 0.3 is 0 Å². The number of hydrogen-bond donors (Lipinski definition) is 1. The van der Waals surface area contributed by atoms with Gasteiger partial charge in [-0.25, -0.2) is 28.7 Å². The van der Waals surface area contributed by atoms with Crippen molar-refractivity contribution >= 4 is 17.4 Å². The minimum Gasteiger partial charge on any atom is -0.369 e. The average molecular weight is 387 g/mol. The number of carbonyl (C=O) groups is 1. The summed E-state index contributed by atoms with van der Waals surface area (Å²) in [6.45, 7) is 2.55. The fourth-order valence-electron chi connectivity index (χ4n) is 3.47. The molecule has 2 N–H and O–H groups in total. The van der Waals surface area contributed by atoms with Gasteiger partial charge in [0.25, 0.3) is 6.43 Å². The molecule has 0 aliphatic carbocycles. The lowest BCUT2D eigenvalue weighted by Crippen LogP contribution is -2.46. The molecule has 146 valence electrons. The Hall–Kier alpha value is -3.17. The van der Waals surface area contributed by atoms with Crippen molar-refractivity contribution in [2.75, 3.05) is 11.4 Å². The maximum atomic E-state index is 13.0. The molecule has 4 heterocycles. The molecule has 0 unspecified atom stereocenters. The maximum absolute atomic E-state index is 13.0. The molecule has 0 aromatic carbocycles. The van der Waals surface area contributed by atoms with Crippen LogP contribution < -0.4 is 10.6 Å². The van der Waals surface area contributed by atoms with Crippen molar-refractivity contribution in [1.29, 1.82) is 0 Å². The number of carbonyl (C=O) groups excluding carboxylic acids is 1. The lowest BCUT2D eigenvalue weighted by molar-refractivity contribution is -0.122. The minimum atomic E-state index is -2.69. The second kappa shape index (κ2) is 7.10. The van der Waals surface area contributed by atoms with Crippen molar-refractivity contribution in [2.24, 2.45) is 11.7 Å². The fraction of sp³-hybridized carbons (Fsp3) is 0.389. The van der Waals surface area contributed by atoms with Crippen molar-refractivity contribution in [1.82, 2.24) is 24.3 Å². The Labute approximate surface area is 159 Å². The van der Waals surface area contributed by atoms with Gasteiger partial charge in [-0.1, -0.05) is 0 Å². The van der Waals surface area contributed by atoms with E-state index in [2.05, 4.69) is 26.9 Å². The van der Waals surface area contributed by atoms with Gasteiger partial charge < -0.3 is 10.6 Å². The first-order valence-electron chi connectivity index (χ1n) is 8.94. The monoisotopic (exact) mass is 387 g/mol. The summed E-state index contributed by atoms with van der Waals surface area (Å²) >= 11 is 0. The van der Waals surface area contributed by atoms with Crippen molar-refractivity contribution in [2.45, 2.75) is 32.2 Å². The second-order valence-corrected chi connectivity index (χ2v) is 6.90. The van der Waals surface area contributed by atoms with Crippen LogP contribution in [0, 0.1) is 5.92 Å². The van der Waals surface area contributed by atoms with Crippen LogP contribution in [0.3, 0.4) is 0 Å². The van der Waals surface area contributed by atoms with Gasteiger partial charge in [-0.05, 0) is 25.8 Å². The summed E-state index contributed by atoms with van der Waals surface area (Å²) in [5.41, 5.74) is 6.04. The Morgan fingerprint density at radius 1 is 1.25 bits per heavy atom. The first kappa shape index (κ1) is 18.2. The summed E-state index contributed by atoms with van der Waals surface area (Å²) < 4.78 is 27.5. The third kappa shape index (κ3) is 3.25. The van der Waals surface area contributed by atoms with E-state index in [1.54, 1.807) is 12.3 Å². The standard InChI is InChI=1S/C18H19F2N7O/c1-10-2-3-11(17(21)28)8-26(10)14-4-5-22-18(25-14)13-6-24-15-7-23-12(16(19)20)9-27(13)15/h4-7,9-11,16H,2-3,8H2,1H3,(H2,21,28)/t10-,11+/m1/s1. The second-order valence-electron chi connectivity index (χ2n) is 6.90. The predicted octanol–water partition coefficient (Wildman–Crippen LogP) is 2.21. The molecule has 3 aromatic heterocycles. The van der Waals surface area contributed by atoms with Crippen molar-refractivity contribution in [3.05, 3.63) is 36.5 Å². The van der Waals surface area contributed by atoms with Crippen LogP contribution in [0.2, 0.25) is 0 Å². The van der Waals surface area contributed by atoms with Crippen molar-refractivity contribution in [3.8, 4) is 11.5 Å². The highest BCUT2D eigenvalue weighted by molar-refractivity contribution is 5.77. The van der Waals surface area contributed by atoms with Gasteiger partial charge in [-0.15, -0.1) is 0 Å². The quantitative estimate of drug-likeness (QED) is 0.736. The van der Waals surface area contributed by atoms with E-state index in [0.717, 1.165) is 12.8 Å². The first-order valence-corrected chi connectivity index (χ1v) is 8.94. The molecule has 3 aromatic rings. The number of nitrogens with two attached hydrogens (primary N) is 1. The van der Waals surface area contributed by atoms with Gasteiger partial charge in [0.2, 0.25) is 5.91 Å². The number of halogens is 2. The number of rotatable bonds is 4. The molecule has 28 heavy (non-hydrogen) atoms. The Kier molecular flexibility index (Phi) is 4.62. The molecule has 4 rings (SSSR count). The molecule has 0 radical (unpaired) electrons. The summed E-state index contributed by atoms with van der Waals surface area (Å²) in [6, 6.07) is 1.95. The predicted molar refractivity (Wildman–Crippen MR) is 97.7 cm³/mol. The zero-order chi connectivity index (χ0) is 19.8. The lowest BCUT2D eigenvalue weighted by atomic mass is 9.93. The third-order valence-electron chi connectivity index (χ3n) is 5.09. The largest absolute Gasteiger partial charge is 0.369 e. The van der Waals surface area contributed by atoms with Crippen LogP contribution in [-0.4, -0.2) is 42.8 Å². The molecular formula is C18H19F2N7O. The smallest absolute Gasteiger partial charge is 0.281 e. The van der Waals surface area contributed by atoms with E-state index in [9.17, 15) is 13.6 Å². The molecule has 8 nitrogen and oxygen atoms in total. The molecule has 1 saturated heterocycles. The van der Waals surface area contributed by atoms with E-state index < -0.39 is 6.43 Å². The van der Waals surface area contributed by atoms with E-state index in [1.807, 2.05) is 4.90 Å². The van der Waals surface area contributed by atoms with Crippen LogP contribution in [0.1, 0.15) is 31.9 Å². The van der Waals surface area contributed by atoms with Crippen molar-refractivity contribution in [3.63, 3.8) is 0 Å². The summed E-state index contributed by atoms with van der Waals surface area (Å²) in [5.74, 6) is 0.455. The van der Waals surface area contributed by atoms with Gasteiger partial charge in [0.05, 0.1) is 18.3 Å². The van der Waals surface area contributed by atoms with Gasteiger partial charge in [0.1, 0.15) is 17.2 Å². The van der Waals surface area contributed by atoms with Crippen LogP contribution in [0.5, 0.6) is 0 Å². The average Bonchev–Trinajstić information content (AvgIpc) is 3.11. The molecule has 0 saturated carbocycles. The Bertz CT molecular complexity index is 1020. The number of alkyl halides is 2. The van der Waals surface area contributed by atoms with E-state index >= 15 is 0 Å². The van der Waals surface area contributed by atoms with Crippen LogP contribution in [0.25, 0.3) is 17.2 Å². The summed E-state index contributed by atoms with van der Waals surface area (Å²) in [7, 11) is 0. The number of imidazole rings is 1. The highest BCUT2D eigenvalue weighted by Gasteiger charge is 2.29. The van der Waals surface area contributed by atoms with Crippen LogP contribution in [-0.2, 0) is 4.79 Å². The van der Waals surface area contributed by atoms with E-state index in [1.165, 1.54) is 23.0 Å². The summed E-state index contributed by atoms with van der Waals surface area (Å²) in [6.07, 6.45) is 4.55. The number of nitrogens with zero attached hydrogens (tertiary/aromatic N) is 6. The Balaban J connectivity index is 1.72. The van der Waals surface area contributed by atoms with Gasteiger partial charge in [-0.3, -0.25) is 9.20 Å². The highest BCUT2D eigenvalue weighted by atomic mass is 19.3. The number of hydrogen-bond acceptors (Lipinski definition) is 6. The molecule has 10 heteroatoms. The molecule has 1 aliphatic heterocycles. The zero-order valence-electron chi connectivity index (χ0n) is 15.2. The van der Waals surface area contributed by atoms with E-state index in [-0.39, 0.29) is 23.6 Å². The molecule has 0 bridgehead atoms. The van der Waals surface area contributed by atoms with Gasteiger partial charge in [0, 0.05) is 25.0 Å². The van der Waals surface area contributed by atoms with Gasteiger partial charge in [0.15, 0.2) is 11.5 Å². The number of amides is 1. The lowest BCUT2D eigenvalue weighted by Gasteiger charge is -2.37. The van der Waals surface area contributed by atoms with Crippen LogP contribution >= 0.6 is 0 Å². The highest BCUT2D eigenvalue weighted by Crippen LogP contribution is 2.28. The normalized spacial score (nSPS) is 20.1. The maximum Gasteiger partial charge on any atom is 0.281 e. The Morgan fingerprint density at radius 3 is 2.82 bits per heavy atom.